The Labute approximate surface area is 161 Å². The molecule has 2 saturated heterocycles. The van der Waals surface area contributed by atoms with Crippen molar-refractivity contribution in [3.63, 3.8) is 0 Å². The highest BCUT2D eigenvalue weighted by molar-refractivity contribution is 6.05. The highest BCUT2D eigenvalue weighted by Crippen LogP contribution is 2.37. The molecule has 0 aromatic carbocycles. The summed E-state index contributed by atoms with van der Waals surface area (Å²) in [7, 11) is 0. The number of nitrogens with one attached hydrogen (secondary N) is 1. The minimum absolute atomic E-state index is 0.133. The van der Waals surface area contributed by atoms with Crippen LogP contribution in [0.4, 0.5) is 0 Å². The summed E-state index contributed by atoms with van der Waals surface area (Å²) in [5.74, 6) is 0.402. The van der Waals surface area contributed by atoms with Crippen molar-refractivity contribution in [2.75, 3.05) is 26.2 Å². The number of hydrogen-bond donors (Lipinski definition) is 1. The Morgan fingerprint density at radius 3 is 2.52 bits per heavy atom. The molecule has 0 unspecified atom stereocenters. The van der Waals surface area contributed by atoms with E-state index >= 15 is 0 Å². The maximum Gasteiger partial charge on any atom is 0.254 e. The van der Waals surface area contributed by atoms with Crippen molar-refractivity contribution in [1.82, 2.24) is 25.0 Å². The van der Waals surface area contributed by atoms with Crippen molar-refractivity contribution in [2.24, 2.45) is 5.41 Å². The number of pyridine rings is 1. The van der Waals surface area contributed by atoms with Crippen molar-refractivity contribution >= 4 is 16.9 Å². The van der Waals surface area contributed by atoms with Crippen LogP contribution in [0.5, 0.6) is 0 Å². The van der Waals surface area contributed by atoms with Crippen molar-refractivity contribution in [3.05, 3.63) is 23.5 Å². The zero-order valence-corrected chi connectivity index (χ0v) is 17.0. The van der Waals surface area contributed by atoms with Gasteiger partial charge in [0, 0.05) is 31.4 Å². The molecular weight excluding hydrogens is 338 g/mol. The molecule has 27 heavy (non-hydrogen) atoms. The number of nitrogens with zero attached hydrogens (tertiary/aromatic N) is 4. The van der Waals surface area contributed by atoms with E-state index in [1.54, 1.807) is 0 Å². The molecule has 6 nitrogen and oxygen atoms in total. The highest BCUT2D eigenvalue weighted by Gasteiger charge is 2.38. The molecule has 0 bridgehead atoms. The zero-order valence-electron chi connectivity index (χ0n) is 17.0. The number of rotatable bonds is 3. The number of carbonyl (C=O) groups is 1. The summed E-state index contributed by atoms with van der Waals surface area (Å²) in [5.41, 5.74) is 2.96. The van der Waals surface area contributed by atoms with Crippen LogP contribution in [-0.2, 0) is 0 Å². The Morgan fingerprint density at radius 2 is 1.93 bits per heavy atom. The van der Waals surface area contributed by atoms with Gasteiger partial charge in [-0.25, -0.2) is 9.67 Å². The number of aromatic nitrogens is 3. The van der Waals surface area contributed by atoms with Gasteiger partial charge in [0.05, 0.1) is 17.1 Å². The summed E-state index contributed by atoms with van der Waals surface area (Å²) in [6, 6.07) is 2.20. The van der Waals surface area contributed by atoms with Crippen molar-refractivity contribution in [2.45, 2.75) is 58.9 Å². The second-order valence-electron chi connectivity index (χ2n) is 8.89. The molecule has 2 aliphatic rings. The molecule has 0 saturated carbocycles. The first-order valence-corrected chi connectivity index (χ1v) is 10.3. The predicted octanol–water partition coefficient (Wildman–Crippen LogP) is 3.35. The minimum atomic E-state index is 0.133. The molecule has 0 radical (unpaired) electrons. The number of piperidine rings is 1. The summed E-state index contributed by atoms with van der Waals surface area (Å²) >= 11 is 0. The van der Waals surface area contributed by atoms with Crippen LogP contribution >= 0.6 is 0 Å². The first-order chi connectivity index (χ1) is 12.9. The van der Waals surface area contributed by atoms with Crippen LogP contribution in [0.25, 0.3) is 11.0 Å². The predicted molar refractivity (Wildman–Crippen MR) is 107 cm³/mol. The van der Waals surface area contributed by atoms with Gasteiger partial charge in [-0.1, -0.05) is 13.8 Å². The normalized spacial score (nSPS) is 19.7. The third-order valence-electron chi connectivity index (χ3n) is 6.34. The standard InChI is InChI=1S/C21H31N5O/c1-14(2)18-11-16(17-12-23-26(15(3)4)19(17)24-18)20(27)25-9-6-21(7-10-25)5-8-22-13-21/h11-12,14-15,22H,5-10,13H2,1-4H3. The second-order valence-corrected chi connectivity index (χ2v) is 8.89. The molecule has 1 N–H and O–H groups in total. The summed E-state index contributed by atoms with van der Waals surface area (Å²) < 4.78 is 1.92. The number of amides is 1. The quantitative estimate of drug-likeness (QED) is 0.901. The monoisotopic (exact) mass is 369 g/mol. The van der Waals surface area contributed by atoms with E-state index in [-0.39, 0.29) is 17.9 Å². The molecule has 6 heteroatoms. The molecular formula is C21H31N5O. The molecule has 2 aliphatic heterocycles. The van der Waals surface area contributed by atoms with Gasteiger partial charge >= 0.3 is 0 Å². The van der Waals surface area contributed by atoms with E-state index in [1.165, 1.54) is 6.42 Å². The molecule has 2 aromatic heterocycles. The van der Waals surface area contributed by atoms with Crippen LogP contribution in [0, 0.1) is 5.41 Å². The number of carbonyl (C=O) groups excluding carboxylic acids is 1. The molecule has 2 aromatic rings. The van der Waals surface area contributed by atoms with Crippen molar-refractivity contribution in [3.8, 4) is 0 Å². The minimum Gasteiger partial charge on any atom is -0.339 e. The number of likely N-dealkylation sites (tertiary alicyclic amines) is 1. The fraction of sp³-hybridized carbons (Fsp3) is 0.667. The van der Waals surface area contributed by atoms with Crippen LogP contribution in [0.2, 0.25) is 0 Å². The molecule has 4 rings (SSSR count). The third kappa shape index (κ3) is 3.24. The Morgan fingerprint density at radius 1 is 1.19 bits per heavy atom. The smallest absolute Gasteiger partial charge is 0.254 e. The summed E-state index contributed by atoms with van der Waals surface area (Å²) in [4.78, 5) is 20.3. The molecule has 0 aliphatic carbocycles. The van der Waals surface area contributed by atoms with Crippen LogP contribution in [0.3, 0.4) is 0 Å². The first-order valence-electron chi connectivity index (χ1n) is 10.3. The lowest BCUT2D eigenvalue weighted by Gasteiger charge is -2.39. The fourth-order valence-electron chi connectivity index (χ4n) is 4.46. The van der Waals surface area contributed by atoms with Gasteiger partial charge in [-0.2, -0.15) is 5.10 Å². The fourth-order valence-corrected chi connectivity index (χ4v) is 4.46. The lowest BCUT2D eigenvalue weighted by Crippen LogP contribution is -2.44. The maximum absolute atomic E-state index is 13.4. The van der Waals surface area contributed by atoms with Gasteiger partial charge < -0.3 is 10.2 Å². The van der Waals surface area contributed by atoms with Crippen LogP contribution in [-0.4, -0.2) is 51.8 Å². The van der Waals surface area contributed by atoms with E-state index in [1.807, 2.05) is 21.8 Å². The second kappa shape index (κ2) is 6.89. The van der Waals surface area contributed by atoms with Crippen molar-refractivity contribution < 1.29 is 4.79 Å². The summed E-state index contributed by atoms with van der Waals surface area (Å²) in [6.45, 7) is 12.3. The highest BCUT2D eigenvalue weighted by atomic mass is 16.2. The number of hydrogen-bond acceptors (Lipinski definition) is 4. The number of fused-ring (bicyclic) bond motifs is 1. The van der Waals surface area contributed by atoms with E-state index in [0.29, 0.717) is 5.41 Å². The average molecular weight is 370 g/mol. The van der Waals surface area contributed by atoms with Gasteiger partial charge in [0.2, 0.25) is 0 Å². The Balaban J connectivity index is 1.67. The SMILES string of the molecule is CC(C)c1cc(C(=O)N2CCC3(CCNC3)CC2)c2cnn(C(C)C)c2n1. The van der Waals surface area contributed by atoms with E-state index in [0.717, 1.165) is 61.3 Å². The molecule has 1 amide bonds. The van der Waals surface area contributed by atoms with Crippen LogP contribution < -0.4 is 5.32 Å². The van der Waals surface area contributed by atoms with Gasteiger partial charge in [-0.3, -0.25) is 4.79 Å². The average Bonchev–Trinajstić information content (AvgIpc) is 3.28. The van der Waals surface area contributed by atoms with Gasteiger partial charge in [0.1, 0.15) is 0 Å². The lowest BCUT2D eigenvalue weighted by molar-refractivity contribution is 0.0609. The molecule has 146 valence electrons. The van der Waals surface area contributed by atoms with E-state index in [4.69, 9.17) is 4.98 Å². The third-order valence-corrected chi connectivity index (χ3v) is 6.34. The van der Waals surface area contributed by atoms with Gasteiger partial charge in [0.25, 0.3) is 5.91 Å². The van der Waals surface area contributed by atoms with E-state index in [2.05, 4.69) is 38.1 Å². The van der Waals surface area contributed by atoms with E-state index < -0.39 is 0 Å². The van der Waals surface area contributed by atoms with E-state index in [9.17, 15) is 4.79 Å². The maximum atomic E-state index is 13.4. The topological polar surface area (TPSA) is 63.1 Å². The molecule has 2 fully saturated rings. The van der Waals surface area contributed by atoms with Crippen LogP contribution in [0.1, 0.15) is 75.0 Å². The van der Waals surface area contributed by atoms with Crippen molar-refractivity contribution in [1.29, 1.82) is 0 Å². The van der Waals surface area contributed by atoms with Gasteiger partial charge in [-0.05, 0) is 57.1 Å². The molecule has 0 atom stereocenters. The van der Waals surface area contributed by atoms with Gasteiger partial charge in [0.15, 0.2) is 5.65 Å². The molecule has 1 spiro atoms. The van der Waals surface area contributed by atoms with Crippen LogP contribution in [0.15, 0.2) is 12.3 Å². The Bertz CT molecular complexity index is 838. The zero-order chi connectivity index (χ0) is 19.2. The lowest BCUT2D eigenvalue weighted by atomic mass is 9.77. The summed E-state index contributed by atoms with van der Waals surface area (Å²) in [6.07, 6.45) is 5.25. The van der Waals surface area contributed by atoms with Gasteiger partial charge in [-0.15, -0.1) is 0 Å². The largest absolute Gasteiger partial charge is 0.339 e. The molecule has 4 heterocycles. The Kier molecular flexibility index (Phi) is 4.70. The first kappa shape index (κ1) is 18.4. The summed E-state index contributed by atoms with van der Waals surface area (Å²) in [5, 5.41) is 8.89. The Hall–Kier alpha value is -1.95.